The Hall–Kier alpha value is 0.950. The SMILES string of the molecule is C/C=C/C(COP)OPP. The maximum Gasteiger partial charge on any atom is 0.104 e. The van der Waals surface area contributed by atoms with Gasteiger partial charge in [-0.25, -0.2) is 0 Å². The first-order valence-corrected chi connectivity index (χ1v) is 6.09. The first kappa shape index (κ1) is 11.0. The van der Waals surface area contributed by atoms with E-state index in [1.165, 1.54) is 0 Å². The molecule has 60 valence electrons. The maximum atomic E-state index is 5.29. The van der Waals surface area contributed by atoms with Crippen LogP contribution in [0.2, 0.25) is 0 Å². The molecule has 0 aliphatic heterocycles. The van der Waals surface area contributed by atoms with E-state index < -0.39 is 0 Å². The molecule has 0 saturated heterocycles. The monoisotopic (exact) mass is 198 g/mol. The molecule has 0 heterocycles. The topological polar surface area (TPSA) is 18.5 Å². The third kappa shape index (κ3) is 5.71. The minimum absolute atomic E-state index is 0.0957. The molecule has 0 spiro atoms. The number of allylic oxidation sites excluding steroid dienone is 1. The number of rotatable bonds is 5. The van der Waals surface area contributed by atoms with Crippen molar-refractivity contribution in [3.8, 4) is 0 Å². The van der Waals surface area contributed by atoms with Gasteiger partial charge in [-0.1, -0.05) is 21.1 Å². The van der Waals surface area contributed by atoms with Crippen LogP contribution in [0.3, 0.4) is 0 Å². The molecule has 5 heteroatoms. The molecule has 0 N–H and O–H groups in total. The molecule has 4 unspecified atom stereocenters. The summed E-state index contributed by atoms with van der Waals surface area (Å²) < 4.78 is 10.1. The average Bonchev–Trinajstić information content (AvgIpc) is 1.90. The van der Waals surface area contributed by atoms with E-state index in [0.29, 0.717) is 15.1 Å². The Morgan fingerprint density at radius 3 is 2.80 bits per heavy atom. The Balaban J connectivity index is 3.50. The summed E-state index contributed by atoms with van der Waals surface area (Å²) in [5, 5.41) is 0. The van der Waals surface area contributed by atoms with E-state index in [0.717, 1.165) is 0 Å². The van der Waals surface area contributed by atoms with Crippen LogP contribution < -0.4 is 0 Å². The van der Waals surface area contributed by atoms with Gasteiger partial charge in [-0.15, -0.1) is 0 Å². The summed E-state index contributed by atoms with van der Waals surface area (Å²) in [7, 11) is 5.17. The molecule has 0 aliphatic rings. The van der Waals surface area contributed by atoms with E-state index in [1.807, 2.05) is 19.1 Å². The molecular formula is C5H13O2P3. The third-order valence-electron chi connectivity index (χ3n) is 0.887. The van der Waals surface area contributed by atoms with Gasteiger partial charge >= 0.3 is 0 Å². The van der Waals surface area contributed by atoms with Crippen molar-refractivity contribution >= 4 is 26.9 Å². The molecule has 0 bridgehead atoms. The Bertz CT molecular complexity index is 90.9. The van der Waals surface area contributed by atoms with Gasteiger partial charge in [0.05, 0.1) is 6.61 Å². The van der Waals surface area contributed by atoms with E-state index in [2.05, 4.69) is 18.4 Å². The van der Waals surface area contributed by atoms with E-state index >= 15 is 0 Å². The van der Waals surface area contributed by atoms with Crippen molar-refractivity contribution in [1.29, 1.82) is 0 Å². The normalized spacial score (nSPS) is 15.5. The fourth-order valence-electron chi connectivity index (χ4n) is 0.526. The second-order valence-corrected chi connectivity index (χ2v) is 3.15. The molecule has 0 fully saturated rings. The molecule has 0 rings (SSSR count). The lowest BCUT2D eigenvalue weighted by Gasteiger charge is -2.09. The van der Waals surface area contributed by atoms with Crippen molar-refractivity contribution < 1.29 is 9.05 Å². The highest BCUT2D eigenvalue weighted by molar-refractivity contribution is 8.00. The molecular weight excluding hydrogens is 185 g/mol. The highest BCUT2D eigenvalue weighted by atomic mass is 32.0. The van der Waals surface area contributed by atoms with Gasteiger partial charge in [0, 0.05) is 18.0 Å². The lowest BCUT2D eigenvalue weighted by atomic mass is 10.3. The van der Waals surface area contributed by atoms with Gasteiger partial charge in [0.2, 0.25) is 0 Å². The summed E-state index contributed by atoms with van der Waals surface area (Å²) in [5.74, 6) is 0. The van der Waals surface area contributed by atoms with E-state index in [9.17, 15) is 0 Å². The van der Waals surface area contributed by atoms with Crippen LogP contribution in [0.5, 0.6) is 0 Å². The largest absolute Gasteiger partial charge is 0.363 e. The van der Waals surface area contributed by atoms with Crippen LogP contribution in [0, 0.1) is 0 Å². The van der Waals surface area contributed by atoms with Crippen molar-refractivity contribution in [1.82, 2.24) is 0 Å². The van der Waals surface area contributed by atoms with Crippen LogP contribution in [0.4, 0.5) is 0 Å². The molecule has 4 atom stereocenters. The van der Waals surface area contributed by atoms with Gasteiger partial charge < -0.3 is 9.05 Å². The second kappa shape index (κ2) is 8.05. The van der Waals surface area contributed by atoms with Gasteiger partial charge in [0.15, 0.2) is 0 Å². The summed E-state index contributed by atoms with van der Waals surface area (Å²) in [6.45, 7) is 2.56. The van der Waals surface area contributed by atoms with Crippen LogP contribution in [0.15, 0.2) is 12.2 Å². The molecule has 0 amide bonds. The zero-order chi connectivity index (χ0) is 7.82. The average molecular weight is 198 g/mol. The zero-order valence-corrected chi connectivity index (χ0v) is 9.22. The van der Waals surface area contributed by atoms with Gasteiger partial charge in [0.25, 0.3) is 0 Å². The Morgan fingerprint density at radius 1 is 1.70 bits per heavy atom. The van der Waals surface area contributed by atoms with Crippen LogP contribution in [0.1, 0.15) is 6.92 Å². The molecule has 0 aromatic heterocycles. The first-order chi connectivity index (χ1) is 4.85. The van der Waals surface area contributed by atoms with Gasteiger partial charge in [-0.3, -0.25) is 0 Å². The van der Waals surface area contributed by atoms with E-state index in [1.54, 1.807) is 0 Å². The Labute approximate surface area is 68.4 Å². The molecule has 0 aromatic rings. The predicted molar refractivity (Wildman–Crippen MR) is 53.4 cm³/mol. The van der Waals surface area contributed by atoms with Gasteiger partial charge in [-0.05, 0) is 6.92 Å². The summed E-state index contributed by atoms with van der Waals surface area (Å²) in [6, 6.07) is 0. The van der Waals surface area contributed by atoms with Gasteiger partial charge in [-0.2, -0.15) is 0 Å². The minimum atomic E-state index is 0.0957. The van der Waals surface area contributed by atoms with Crippen molar-refractivity contribution in [3.05, 3.63) is 12.2 Å². The predicted octanol–water partition coefficient (Wildman–Crippen LogP) is 2.14. The fraction of sp³-hybridized carbons (Fsp3) is 0.600. The molecule has 10 heavy (non-hydrogen) atoms. The Kier molecular flexibility index (Phi) is 8.82. The van der Waals surface area contributed by atoms with E-state index in [-0.39, 0.29) is 6.10 Å². The molecule has 0 saturated carbocycles. The summed E-state index contributed by atoms with van der Waals surface area (Å²) in [5.41, 5.74) is 0. The zero-order valence-electron chi connectivity index (χ0n) is 5.91. The fourth-order valence-corrected chi connectivity index (χ4v) is 1.56. The highest BCUT2D eigenvalue weighted by Gasteiger charge is 2.00. The van der Waals surface area contributed by atoms with Crippen LogP contribution in [0.25, 0.3) is 0 Å². The summed E-state index contributed by atoms with van der Waals surface area (Å²) >= 11 is 0. The smallest absolute Gasteiger partial charge is 0.104 e. The Morgan fingerprint density at radius 2 is 2.40 bits per heavy atom. The van der Waals surface area contributed by atoms with Crippen molar-refractivity contribution in [2.45, 2.75) is 13.0 Å². The maximum absolute atomic E-state index is 5.29. The van der Waals surface area contributed by atoms with Crippen LogP contribution in [-0.2, 0) is 9.05 Å². The lowest BCUT2D eigenvalue weighted by molar-refractivity contribution is 0.203. The second-order valence-electron chi connectivity index (χ2n) is 1.63. The standard InChI is InChI=1S/C5H13O2P3/c1-2-3-5(4-6-8)7-10-9/h2-3,5,10H,4,8-9H2,1H3/b3-2+. The highest BCUT2D eigenvalue weighted by Crippen LogP contribution is 2.24. The van der Waals surface area contributed by atoms with Crippen molar-refractivity contribution in [3.63, 3.8) is 0 Å². The molecule has 0 radical (unpaired) electrons. The summed E-state index contributed by atoms with van der Waals surface area (Å²) in [6.07, 6.45) is 4.03. The third-order valence-corrected chi connectivity index (χ3v) is 1.93. The molecule has 2 nitrogen and oxygen atoms in total. The van der Waals surface area contributed by atoms with Crippen LogP contribution >= 0.6 is 26.9 Å². The van der Waals surface area contributed by atoms with Crippen LogP contribution in [-0.4, -0.2) is 12.7 Å². The number of hydrogen-bond acceptors (Lipinski definition) is 2. The van der Waals surface area contributed by atoms with Crippen molar-refractivity contribution in [2.75, 3.05) is 6.61 Å². The number of hydrogen-bond donors (Lipinski definition) is 0. The molecule has 0 aromatic carbocycles. The summed E-state index contributed by atoms with van der Waals surface area (Å²) in [4.78, 5) is 0. The molecule has 0 aliphatic carbocycles. The van der Waals surface area contributed by atoms with E-state index in [4.69, 9.17) is 9.05 Å². The van der Waals surface area contributed by atoms with Gasteiger partial charge in [0.1, 0.15) is 6.10 Å². The lowest BCUT2D eigenvalue weighted by Crippen LogP contribution is -2.09. The quantitative estimate of drug-likeness (QED) is 0.497. The van der Waals surface area contributed by atoms with Crippen molar-refractivity contribution in [2.24, 2.45) is 0 Å². The minimum Gasteiger partial charge on any atom is -0.363 e. The first-order valence-electron chi connectivity index (χ1n) is 2.91.